The molecule has 1 saturated carbocycles. The van der Waals surface area contributed by atoms with Crippen LogP contribution >= 0.6 is 11.6 Å². The fourth-order valence-electron chi connectivity index (χ4n) is 1.29. The minimum Gasteiger partial charge on any atom is -0.489 e. The van der Waals surface area contributed by atoms with E-state index in [1.165, 1.54) is 0 Å². The third-order valence-electron chi connectivity index (χ3n) is 2.11. The molecular weight excluding hydrogens is 212 g/mol. The van der Waals surface area contributed by atoms with Crippen LogP contribution in [0, 0.1) is 0 Å². The van der Waals surface area contributed by atoms with Crippen molar-refractivity contribution in [1.29, 1.82) is 0 Å². The van der Waals surface area contributed by atoms with Gasteiger partial charge in [-0.15, -0.1) is 0 Å². The summed E-state index contributed by atoms with van der Waals surface area (Å²) in [5.41, 5.74) is 0. The van der Waals surface area contributed by atoms with Crippen molar-refractivity contribution in [3.8, 4) is 11.5 Å². The Bertz CT molecular complexity index is 323. The summed E-state index contributed by atoms with van der Waals surface area (Å²) < 4.78 is 11.2. The molecule has 0 unspecified atom stereocenters. The van der Waals surface area contributed by atoms with E-state index in [1.54, 1.807) is 0 Å². The zero-order chi connectivity index (χ0) is 10.8. The quantitative estimate of drug-likeness (QED) is 0.780. The van der Waals surface area contributed by atoms with Gasteiger partial charge in [0.2, 0.25) is 0 Å². The van der Waals surface area contributed by atoms with E-state index < -0.39 is 0 Å². The Balaban J connectivity index is 2.15. The highest BCUT2D eigenvalue weighted by atomic mass is 35.5. The van der Waals surface area contributed by atoms with E-state index in [9.17, 15) is 0 Å². The molecule has 0 heterocycles. The van der Waals surface area contributed by atoms with Crippen LogP contribution in [-0.4, -0.2) is 12.2 Å². The van der Waals surface area contributed by atoms with E-state index in [2.05, 4.69) is 0 Å². The van der Waals surface area contributed by atoms with Crippen LogP contribution in [0.4, 0.5) is 0 Å². The first kappa shape index (κ1) is 10.6. The third kappa shape index (κ3) is 2.78. The average molecular weight is 227 g/mol. The first-order valence-electron chi connectivity index (χ1n) is 5.28. The predicted molar refractivity (Wildman–Crippen MR) is 60.9 cm³/mol. The lowest BCUT2D eigenvalue weighted by molar-refractivity contribution is 0.239. The molecule has 1 aliphatic carbocycles. The van der Waals surface area contributed by atoms with Crippen LogP contribution < -0.4 is 9.47 Å². The Morgan fingerprint density at radius 3 is 2.53 bits per heavy atom. The zero-order valence-electron chi connectivity index (χ0n) is 9.00. The van der Waals surface area contributed by atoms with Crippen molar-refractivity contribution in [2.24, 2.45) is 0 Å². The van der Waals surface area contributed by atoms with E-state index in [1.807, 2.05) is 32.0 Å². The lowest BCUT2D eigenvalue weighted by atomic mass is 10.3. The lowest BCUT2D eigenvalue weighted by Gasteiger charge is -2.13. The largest absolute Gasteiger partial charge is 0.489 e. The highest BCUT2D eigenvalue weighted by molar-refractivity contribution is 6.33. The minimum absolute atomic E-state index is 0.124. The van der Waals surface area contributed by atoms with Crippen molar-refractivity contribution in [3.63, 3.8) is 0 Å². The predicted octanol–water partition coefficient (Wildman–Crippen LogP) is 3.67. The first-order chi connectivity index (χ1) is 7.16. The third-order valence-corrected chi connectivity index (χ3v) is 2.48. The first-order valence-corrected chi connectivity index (χ1v) is 5.66. The van der Waals surface area contributed by atoms with Crippen LogP contribution in [0.5, 0.6) is 11.5 Å². The Morgan fingerprint density at radius 1 is 1.27 bits per heavy atom. The van der Waals surface area contributed by atoms with Gasteiger partial charge in [-0.2, -0.15) is 0 Å². The number of ether oxygens (including phenoxy) is 2. The van der Waals surface area contributed by atoms with Gasteiger partial charge < -0.3 is 9.47 Å². The van der Waals surface area contributed by atoms with Gasteiger partial charge in [0.05, 0.1) is 12.2 Å². The second-order valence-electron chi connectivity index (χ2n) is 4.05. The summed E-state index contributed by atoms with van der Waals surface area (Å²) in [5, 5.41) is 0.582. The van der Waals surface area contributed by atoms with Crippen molar-refractivity contribution in [2.45, 2.75) is 38.9 Å². The molecule has 0 aliphatic heterocycles. The highest BCUT2D eigenvalue weighted by Crippen LogP contribution is 2.37. The van der Waals surface area contributed by atoms with Crippen LogP contribution in [-0.2, 0) is 0 Å². The molecule has 0 aromatic heterocycles. The molecule has 1 aliphatic rings. The molecule has 1 fully saturated rings. The Morgan fingerprint density at radius 2 is 1.93 bits per heavy atom. The Kier molecular flexibility index (Phi) is 3.06. The summed E-state index contributed by atoms with van der Waals surface area (Å²) in [6.45, 7) is 3.95. The topological polar surface area (TPSA) is 18.5 Å². The second kappa shape index (κ2) is 4.31. The Labute approximate surface area is 95.1 Å². The highest BCUT2D eigenvalue weighted by Gasteiger charge is 2.25. The van der Waals surface area contributed by atoms with Crippen molar-refractivity contribution < 1.29 is 9.47 Å². The van der Waals surface area contributed by atoms with Crippen molar-refractivity contribution >= 4 is 11.6 Å². The van der Waals surface area contributed by atoms with E-state index >= 15 is 0 Å². The normalized spacial score (nSPS) is 15.5. The molecule has 2 rings (SSSR count). The average Bonchev–Trinajstić information content (AvgIpc) is 2.95. The lowest BCUT2D eigenvalue weighted by Crippen LogP contribution is -2.06. The van der Waals surface area contributed by atoms with Gasteiger partial charge in [-0.05, 0) is 38.8 Å². The molecule has 1 aromatic carbocycles. The molecule has 0 spiro atoms. The maximum absolute atomic E-state index is 6.17. The molecule has 0 bridgehead atoms. The molecule has 3 heteroatoms. The van der Waals surface area contributed by atoms with Gasteiger partial charge in [0.1, 0.15) is 16.5 Å². The SMILES string of the molecule is CC(C)Oc1cccc(OC2CC2)c1Cl. The smallest absolute Gasteiger partial charge is 0.142 e. The van der Waals surface area contributed by atoms with Gasteiger partial charge in [0.25, 0.3) is 0 Å². The fraction of sp³-hybridized carbons (Fsp3) is 0.500. The molecule has 0 saturated heterocycles. The molecular formula is C12H15ClO2. The summed E-state index contributed by atoms with van der Waals surface area (Å²) in [5.74, 6) is 1.43. The summed E-state index contributed by atoms with van der Waals surface area (Å²) in [4.78, 5) is 0. The van der Waals surface area contributed by atoms with Crippen LogP contribution in [0.2, 0.25) is 5.02 Å². The number of halogens is 1. The van der Waals surface area contributed by atoms with E-state index in [-0.39, 0.29) is 6.10 Å². The van der Waals surface area contributed by atoms with E-state index in [0.717, 1.165) is 18.6 Å². The monoisotopic (exact) mass is 226 g/mol. The molecule has 1 aromatic rings. The molecule has 0 atom stereocenters. The van der Waals surface area contributed by atoms with Crippen LogP contribution in [0.3, 0.4) is 0 Å². The Hall–Kier alpha value is -0.890. The molecule has 2 nitrogen and oxygen atoms in total. The van der Waals surface area contributed by atoms with Crippen molar-refractivity contribution in [2.75, 3.05) is 0 Å². The molecule has 15 heavy (non-hydrogen) atoms. The van der Waals surface area contributed by atoms with Gasteiger partial charge in [0.15, 0.2) is 0 Å². The number of rotatable bonds is 4. The van der Waals surface area contributed by atoms with Gasteiger partial charge in [-0.3, -0.25) is 0 Å². The van der Waals surface area contributed by atoms with E-state index in [0.29, 0.717) is 16.9 Å². The second-order valence-corrected chi connectivity index (χ2v) is 4.43. The van der Waals surface area contributed by atoms with E-state index in [4.69, 9.17) is 21.1 Å². The summed E-state index contributed by atoms with van der Waals surface area (Å²) >= 11 is 6.17. The maximum Gasteiger partial charge on any atom is 0.142 e. The number of benzene rings is 1. The number of hydrogen-bond donors (Lipinski definition) is 0. The zero-order valence-corrected chi connectivity index (χ0v) is 9.75. The van der Waals surface area contributed by atoms with Gasteiger partial charge in [-0.25, -0.2) is 0 Å². The minimum atomic E-state index is 0.124. The molecule has 0 N–H and O–H groups in total. The van der Waals surface area contributed by atoms with Gasteiger partial charge >= 0.3 is 0 Å². The number of hydrogen-bond acceptors (Lipinski definition) is 2. The van der Waals surface area contributed by atoms with Gasteiger partial charge in [-0.1, -0.05) is 17.7 Å². The van der Waals surface area contributed by atoms with Crippen LogP contribution in [0.25, 0.3) is 0 Å². The van der Waals surface area contributed by atoms with Crippen LogP contribution in [0.15, 0.2) is 18.2 Å². The van der Waals surface area contributed by atoms with Crippen molar-refractivity contribution in [1.82, 2.24) is 0 Å². The van der Waals surface area contributed by atoms with Crippen molar-refractivity contribution in [3.05, 3.63) is 23.2 Å². The summed E-state index contributed by atoms with van der Waals surface area (Å²) in [6, 6.07) is 5.65. The van der Waals surface area contributed by atoms with Gasteiger partial charge in [0, 0.05) is 0 Å². The summed E-state index contributed by atoms with van der Waals surface area (Å²) in [7, 11) is 0. The fourth-order valence-corrected chi connectivity index (χ4v) is 1.51. The molecule has 0 radical (unpaired) electrons. The maximum atomic E-state index is 6.17. The molecule has 0 amide bonds. The van der Waals surface area contributed by atoms with Crippen LogP contribution in [0.1, 0.15) is 26.7 Å². The molecule has 82 valence electrons. The standard InChI is InChI=1S/C12H15ClO2/c1-8(2)14-10-4-3-5-11(12(10)13)15-9-6-7-9/h3-5,8-9H,6-7H2,1-2H3. The summed E-state index contributed by atoms with van der Waals surface area (Å²) in [6.07, 6.45) is 2.74.